The molecule has 1 atom stereocenters. The fourth-order valence-corrected chi connectivity index (χ4v) is 3.49. The molecule has 4 heteroatoms. The van der Waals surface area contributed by atoms with Gasteiger partial charge in [-0.25, -0.2) is 4.68 Å². The number of carbonyl (C=O) groups excluding carboxylic acids is 1. The van der Waals surface area contributed by atoms with Crippen molar-refractivity contribution in [1.29, 1.82) is 0 Å². The topological polar surface area (TPSA) is 46.9 Å². The largest absolute Gasteiger partial charge is 0.310 e. The highest BCUT2D eigenvalue weighted by Crippen LogP contribution is 2.40. The quantitative estimate of drug-likeness (QED) is 0.777. The average Bonchev–Trinajstić information content (AvgIpc) is 2.92. The highest BCUT2D eigenvalue weighted by Gasteiger charge is 2.32. The van der Waals surface area contributed by atoms with Crippen LogP contribution < -0.4 is 5.32 Å². The van der Waals surface area contributed by atoms with Gasteiger partial charge in [0.2, 0.25) is 5.91 Å². The second kappa shape index (κ2) is 5.64. The van der Waals surface area contributed by atoms with Crippen LogP contribution in [0.3, 0.4) is 0 Å². The van der Waals surface area contributed by atoms with E-state index in [1.165, 1.54) is 0 Å². The highest BCUT2D eigenvalue weighted by atomic mass is 16.1. The van der Waals surface area contributed by atoms with E-state index in [2.05, 4.69) is 30.4 Å². The maximum Gasteiger partial charge on any atom is 0.226 e. The van der Waals surface area contributed by atoms with Crippen LogP contribution in [-0.2, 0) is 4.79 Å². The molecule has 1 aliphatic rings. The Morgan fingerprint density at radius 1 is 1.04 bits per heavy atom. The summed E-state index contributed by atoms with van der Waals surface area (Å²) in [7, 11) is 0. The molecule has 1 unspecified atom stereocenters. The van der Waals surface area contributed by atoms with E-state index >= 15 is 0 Å². The van der Waals surface area contributed by atoms with E-state index in [4.69, 9.17) is 5.10 Å². The lowest BCUT2D eigenvalue weighted by Gasteiger charge is -2.24. The van der Waals surface area contributed by atoms with Gasteiger partial charge in [-0.3, -0.25) is 4.79 Å². The third kappa shape index (κ3) is 2.31. The molecule has 0 bridgehead atoms. The van der Waals surface area contributed by atoms with Gasteiger partial charge in [0.05, 0.1) is 11.4 Å². The third-order valence-electron chi connectivity index (χ3n) is 4.65. The van der Waals surface area contributed by atoms with Crippen molar-refractivity contribution < 1.29 is 4.79 Å². The van der Waals surface area contributed by atoms with Gasteiger partial charge < -0.3 is 5.32 Å². The number of rotatable bonds is 2. The molecule has 0 spiro atoms. The van der Waals surface area contributed by atoms with Crippen molar-refractivity contribution in [3.63, 3.8) is 0 Å². The summed E-state index contributed by atoms with van der Waals surface area (Å²) in [5, 5.41) is 7.77. The van der Waals surface area contributed by atoms with Crippen molar-refractivity contribution >= 4 is 11.7 Å². The van der Waals surface area contributed by atoms with Crippen LogP contribution in [0.5, 0.6) is 0 Å². The van der Waals surface area contributed by atoms with Crippen molar-refractivity contribution in [1.82, 2.24) is 9.78 Å². The van der Waals surface area contributed by atoms with Crippen molar-refractivity contribution in [3.05, 3.63) is 77.0 Å². The lowest BCUT2D eigenvalue weighted by atomic mass is 9.86. The first-order valence-electron chi connectivity index (χ1n) is 8.15. The molecular weight excluding hydrogens is 298 g/mol. The number of benzene rings is 2. The molecule has 0 saturated carbocycles. The monoisotopic (exact) mass is 317 g/mol. The van der Waals surface area contributed by atoms with E-state index in [-0.39, 0.29) is 11.8 Å². The first-order valence-corrected chi connectivity index (χ1v) is 8.15. The average molecular weight is 317 g/mol. The summed E-state index contributed by atoms with van der Waals surface area (Å²) in [5.74, 6) is 0.880. The number of carbonyl (C=O) groups is 1. The first-order chi connectivity index (χ1) is 11.6. The van der Waals surface area contributed by atoms with Crippen LogP contribution in [0.15, 0.2) is 54.6 Å². The van der Waals surface area contributed by atoms with Crippen LogP contribution in [0.2, 0.25) is 0 Å². The first kappa shape index (κ1) is 14.7. The Morgan fingerprint density at radius 2 is 1.75 bits per heavy atom. The number of hydrogen-bond donors (Lipinski definition) is 1. The van der Waals surface area contributed by atoms with E-state index in [0.717, 1.165) is 33.9 Å². The summed E-state index contributed by atoms with van der Waals surface area (Å²) in [6.45, 7) is 4.07. The van der Waals surface area contributed by atoms with Gasteiger partial charge in [-0.2, -0.15) is 5.10 Å². The van der Waals surface area contributed by atoms with E-state index in [1.807, 2.05) is 48.0 Å². The molecule has 0 saturated heterocycles. The van der Waals surface area contributed by atoms with E-state index in [1.54, 1.807) is 0 Å². The van der Waals surface area contributed by atoms with E-state index < -0.39 is 0 Å². The van der Waals surface area contributed by atoms with Crippen LogP contribution in [0.4, 0.5) is 5.82 Å². The zero-order valence-corrected chi connectivity index (χ0v) is 13.8. The normalized spacial score (nSPS) is 16.6. The molecule has 3 aromatic rings. The minimum atomic E-state index is 0.0334. The minimum absolute atomic E-state index is 0.0334. The van der Waals surface area contributed by atoms with Gasteiger partial charge in [-0.1, -0.05) is 48.5 Å². The maximum atomic E-state index is 12.3. The standard InChI is InChI=1S/C20H19N3O/c1-13-8-6-7-11-17(13)23-20-19(14(2)22-23)16(12-18(24)21-20)15-9-4-3-5-10-15/h3-11,16H,12H2,1-2H3,(H,21,24). The molecule has 4 rings (SSSR count). The molecule has 1 aliphatic heterocycles. The molecule has 120 valence electrons. The molecule has 2 heterocycles. The maximum absolute atomic E-state index is 12.3. The molecule has 2 aromatic carbocycles. The Balaban J connectivity index is 1.91. The molecular formula is C20H19N3O. The zero-order chi connectivity index (χ0) is 16.7. The van der Waals surface area contributed by atoms with Crippen molar-refractivity contribution in [3.8, 4) is 5.69 Å². The molecule has 0 aliphatic carbocycles. The summed E-state index contributed by atoms with van der Waals surface area (Å²) < 4.78 is 1.87. The van der Waals surface area contributed by atoms with Gasteiger partial charge in [0.15, 0.2) is 0 Å². The molecule has 1 N–H and O–H groups in total. The number of para-hydroxylation sites is 1. The number of nitrogens with one attached hydrogen (secondary N) is 1. The van der Waals surface area contributed by atoms with E-state index in [9.17, 15) is 4.79 Å². The Hall–Kier alpha value is -2.88. The molecule has 1 aromatic heterocycles. The molecule has 4 nitrogen and oxygen atoms in total. The van der Waals surface area contributed by atoms with Crippen LogP contribution in [0.1, 0.15) is 34.7 Å². The van der Waals surface area contributed by atoms with Crippen molar-refractivity contribution in [2.24, 2.45) is 0 Å². The van der Waals surface area contributed by atoms with Gasteiger partial charge in [-0.15, -0.1) is 0 Å². The number of aryl methyl sites for hydroxylation is 2. The van der Waals surface area contributed by atoms with Gasteiger partial charge in [0.25, 0.3) is 0 Å². The number of nitrogens with zero attached hydrogens (tertiary/aromatic N) is 2. The number of fused-ring (bicyclic) bond motifs is 1. The van der Waals surface area contributed by atoms with Crippen LogP contribution >= 0.6 is 0 Å². The molecule has 24 heavy (non-hydrogen) atoms. The Morgan fingerprint density at radius 3 is 2.50 bits per heavy atom. The predicted octanol–water partition coefficient (Wildman–Crippen LogP) is 3.96. The SMILES string of the molecule is Cc1ccccc1-n1nc(C)c2c1NC(=O)CC2c1ccccc1. The lowest BCUT2D eigenvalue weighted by molar-refractivity contribution is -0.116. The number of aromatic nitrogens is 2. The zero-order valence-electron chi connectivity index (χ0n) is 13.8. The van der Waals surface area contributed by atoms with Crippen LogP contribution in [-0.4, -0.2) is 15.7 Å². The van der Waals surface area contributed by atoms with Gasteiger partial charge in [0.1, 0.15) is 5.82 Å². The van der Waals surface area contributed by atoms with Gasteiger partial charge in [-0.05, 0) is 31.0 Å². The summed E-state index contributed by atoms with van der Waals surface area (Å²) in [5.41, 5.74) is 5.35. The highest BCUT2D eigenvalue weighted by molar-refractivity contribution is 5.95. The summed E-state index contributed by atoms with van der Waals surface area (Å²) >= 11 is 0. The summed E-state index contributed by atoms with van der Waals surface area (Å²) in [6.07, 6.45) is 0.456. The third-order valence-corrected chi connectivity index (χ3v) is 4.65. The van der Waals surface area contributed by atoms with Crippen molar-refractivity contribution in [2.45, 2.75) is 26.2 Å². The minimum Gasteiger partial charge on any atom is -0.310 e. The van der Waals surface area contributed by atoms with Crippen molar-refractivity contribution in [2.75, 3.05) is 5.32 Å². The second-order valence-corrected chi connectivity index (χ2v) is 6.26. The number of amides is 1. The molecule has 0 radical (unpaired) electrons. The van der Waals surface area contributed by atoms with Gasteiger partial charge in [0, 0.05) is 17.9 Å². The molecule has 1 amide bonds. The molecule has 0 fully saturated rings. The fraction of sp³-hybridized carbons (Fsp3) is 0.200. The number of anilines is 1. The van der Waals surface area contributed by atoms with Gasteiger partial charge >= 0.3 is 0 Å². The van der Waals surface area contributed by atoms with Crippen LogP contribution in [0, 0.1) is 13.8 Å². The Bertz CT molecular complexity index is 912. The fourth-order valence-electron chi connectivity index (χ4n) is 3.49. The second-order valence-electron chi connectivity index (χ2n) is 6.26. The summed E-state index contributed by atoms with van der Waals surface area (Å²) in [6, 6.07) is 18.3. The van der Waals surface area contributed by atoms with Crippen LogP contribution in [0.25, 0.3) is 5.69 Å². The Kier molecular flexibility index (Phi) is 3.45. The Labute approximate surface area is 141 Å². The van der Waals surface area contributed by atoms with E-state index in [0.29, 0.717) is 6.42 Å². The summed E-state index contributed by atoms with van der Waals surface area (Å²) in [4.78, 5) is 12.3. The predicted molar refractivity (Wildman–Crippen MR) is 94.6 cm³/mol. The number of hydrogen-bond acceptors (Lipinski definition) is 2. The smallest absolute Gasteiger partial charge is 0.226 e. The lowest BCUT2D eigenvalue weighted by Crippen LogP contribution is -2.25.